The molecule has 0 atom stereocenters. The highest BCUT2D eigenvalue weighted by Gasteiger charge is 2.23. The van der Waals surface area contributed by atoms with Gasteiger partial charge in [-0.25, -0.2) is 0 Å². The van der Waals surface area contributed by atoms with Crippen molar-refractivity contribution in [2.45, 2.75) is 0 Å². The van der Waals surface area contributed by atoms with Gasteiger partial charge in [0, 0.05) is 16.5 Å². The Labute approximate surface area is 241 Å². The fourth-order valence-electron chi connectivity index (χ4n) is 7.43. The molecule has 0 spiro atoms. The maximum atomic E-state index is 6.55. The molecule has 1 aliphatic rings. The van der Waals surface area contributed by atoms with E-state index in [1.54, 1.807) is 0 Å². The Morgan fingerprint density at radius 1 is 0.381 bits per heavy atom. The van der Waals surface area contributed by atoms with Crippen molar-refractivity contribution in [3.8, 4) is 39.1 Å². The van der Waals surface area contributed by atoms with Gasteiger partial charge in [-0.3, -0.25) is 0 Å². The first-order valence-corrected chi connectivity index (χ1v) is 14.4. The molecular formula is C40H23NO. The lowest BCUT2D eigenvalue weighted by Gasteiger charge is -2.13. The van der Waals surface area contributed by atoms with Gasteiger partial charge in [0.15, 0.2) is 0 Å². The summed E-state index contributed by atoms with van der Waals surface area (Å²) in [4.78, 5) is 0. The highest BCUT2D eigenvalue weighted by molar-refractivity contribution is 6.26. The Morgan fingerprint density at radius 2 is 1.00 bits per heavy atom. The number of rotatable bonds is 2. The average Bonchev–Trinajstić information content (AvgIpc) is 3.51. The summed E-state index contributed by atoms with van der Waals surface area (Å²) in [6, 6.07) is 50.5. The van der Waals surface area contributed by atoms with Crippen molar-refractivity contribution in [1.29, 1.82) is 0 Å². The Morgan fingerprint density at radius 3 is 1.90 bits per heavy atom. The molecule has 42 heavy (non-hydrogen) atoms. The van der Waals surface area contributed by atoms with E-state index in [1.165, 1.54) is 60.4 Å². The number of aromatic nitrogens is 1. The van der Waals surface area contributed by atoms with Crippen molar-refractivity contribution in [3.63, 3.8) is 0 Å². The lowest BCUT2D eigenvalue weighted by atomic mass is 9.94. The van der Waals surface area contributed by atoms with Crippen LogP contribution in [0.2, 0.25) is 0 Å². The van der Waals surface area contributed by atoms with Crippen LogP contribution in [-0.4, -0.2) is 4.57 Å². The minimum absolute atomic E-state index is 0.899. The molecule has 2 nitrogen and oxygen atoms in total. The molecule has 7 aromatic carbocycles. The summed E-state index contributed by atoms with van der Waals surface area (Å²) < 4.78 is 8.95. The summed E-state index contributed by atoms with van der Waals surface area (Å²) in [6.45, 7) is 0. The first kappa shape index (κ1) is 22.1. The van der Waals surface area contributed by atoms with Crippen LogP contribution in [0.25, 0.3) is 93.6 Å². The van der Waals surface area contributed by atoms with Gasteiger partial charge in [-0.1, -0.05) is 103 Å². The summed E-state index contributed by atoms with van der Waals surface area (Å²) in [5.41, 5.74) is 13.0. The number of para-hydroxylation sites is 1. The Kier molecular flexibility index (Phi) is 4.21. The third kappa shape index (κ3) is 2.78. The van der Waals surface area contributed by atoms with Gasteiger partial charge in [-0.2, -0.15) is 0 Å². The van der Waals surface area contributed by atoms with E-state index >= 15 is 0 Å². The molecular weight excluding hydrogens is 510 g/mol. The van der Waals surface area contributed by atoms with Gasteiger partial charge in [0.2, 0.25) is 0 Å². The average molecular weight is 534 g/mol. The fourth-order valence-corrected chi connectivity index (χ4v) is 7.43. The number of fused-ring (bicyclic) bond motifs is 5. The molecule has 0 bridgehead atoms. The van der Waals surface area contributed by atoms with Crippen molar-refractivity contribution in [2.75, 3.05) is 0 Å². The SMILES string of the molecule is c1cc(-c2ccc3c4c(cccc24)-c2ccccc2-3)cc(-n2c3cccc4oc5ccccc5c5cccc2c5c43)c1. The quantitative estimate of drug-likeness (QED) is 0.216. The molecule has 2 heterocycles. The van der Waals surface area contributed by atoms with Crippen molar-refractivity contribution in [1.82, 2.24) is 4.57 Å². The molecule has 194 valence electrons. The molecule has 2 aromatic heterocycles. The van der Waals surface area contributed by atoms with Gasteiger partial charge in [0.1, 0.15) is 11.2 Å². The highest BCUT2D eigenvalue weighted by atomic mass is 16.3. The summed E-state index contributed by atoms with van der Waals surface area (Å²) in [5.74, 6) is 0. The largest absolute Gasteiger partial charge is 0.456 e. The van der Waals surface area contributed by atoms with Crippen LogP contribution in [0.15, 0.2) is 144 Å². The first-order chi connectivity index (χ1) is 20.8. The zero-order valence-electron chi connectivity index (χ0n) is 22.6. The molecule has 0 radical (unpaired) electrons. The van der Waals surface area contributed by atoms with Gasteiger partial charge in [0.25, 0.3) is 0 Å². The molecule has 9 aromatic rings. The summed E-state index contributed by atoms with van der Waals surface area (Å²) in [5, 5.41) is 7.38. The Balaban J connectivity index is 1.26. The summed E-state index contributed by atoms with van der Waals surface area (Å²) >= 11 is 0. The fraction of sp³-hybridized carbons (Fsp3) is 0. The summed E-state index contributed by atoms with van der Waals surface area (Å²) in [7, 11) is 0. The van der Waals surface area contributed by atoms with E-state index in [1.807, 2.05) is 6.07 Å². The van der Waals surface area contributed by atoms with Crippen LogP contribution < -0.4 is 0 Å². The predicted octanol–water partition coefficient (Wildman–Crippen LogP) is 11.2. The number of hydrogen-bond donors (Lipinski definition) is 0. The van der Waals surface area contributed by atoms with Crippen molar-refractivity contribution < 1.29 is 4.42 Å². The van der Waals surface area contributed by atoms with E-state index in [0.717, 1.165) is 33.1 Å². The molecule has 0 aliphatic heterocycles. The van der Waals surface area contributed by atoms with E-state index in [-0.39, 0.29) is 0 Å². The molecule has 0 fully saturated rings. The van der Waals surface area contributed by atoms with Gasteiger partial charge in [0.05, 0.1) is 16.4 Å². The van der Waals surface area contributed by atoms with E-state index in [4.69, 9.17) is 4.42 Å². The standard InChI is InChI=1S/C40H23NO/c1-2-12-28-27(11-1)31-15-6-14-30-26(21-22-33(28)38(30)31)24-9-5-10-25(23-24)41-34-17-7-16-32-29-13-3-4-19-36(29)42-37-20-8-18-35(41)40(37)39(32)34/h1-23H. The lowest BCUT2D eigenvalue weighted by molar-refractivity contribution is 0.664. The highest BCUT2D eigenvalue weighted by Crippen LogP contribution is 2.49. The molecule has 0 amide bonds. The molecule has 1 aliphatic carbocycles. The van der Waals surface area contributed by atoms with Crippen LogP contribution in [-0.2, 0) is 0 Å². The monoisotopic (exact) mass is 533 g/mol. The third-order valence-corrected chi connectivity index (χ3v) is 9.14. The molecule has 2 heteroatoms. The lowest BCUT2D eigenvalue weighted by Crippen LogP contribution is -1.94. The van der Waals surface area contributed by atoms with Crippen LogP contribution >= 0.6 is 0 Å². The van der Waals surface area contributed by atoms with Gasteiger partial charge in [-0.05, 0) is 85.9 Å². The zero-order valence-corrected chi connectivity index (χ0v) is 22.6. The zero-order chi connectivity index (χ0) is 27.4. The van der Waals surface area contributed by atoms with Crippen molar-refractivity contribution in [3.05, 3.63) is 140 Å². The van der Waals surface area contributed by atoms with Crippen LogP contribution in [0.3, 0.4) is 0 Å². The van der Waals surface area contributed by atoms with E-state index in [9.17, 15) is 0 Å². The smallest absolute Gasteiger partial charge is 0.137 e. The second kappa shape index (κ2) is 7.99. The minimum atomic E-state index is 0.899. The summed E-state index contributed by atoms with van der Waals surface area (Å²) in [6.07, 6.45) is 0. The topological polar surface area (TPSA) is 18.1 Å². The van der Waals surface area contributed by atoms with Crippen LogP contribution in [0.5, 0.6) is 0 Å². The van der Waals surface area contributed by atoms with Gasteiger partial charge < -0.3 is 8.98 Å². The van der Waals surface area contributed by atoms with Crippen LogP contribution in [0.4, 0.5) is 0 Å². The minimum Gasteiger partial charge on any atom is -0.456 e. The predicted molar refractivity (Wildman–Crippen MR) is 175 cm³/mol. The molecule has 10 rings (SSSR count). The van der Waals surface area contributed by atoms with Gasteiger partial charge >= 0.3 is 0 Å². The Bertz CT molecular complexity index is 2550. The first-order valence-electron chi connectivity index (χ1n) is 14.4. The second-order valence-corrected chi connectivity index (χ2v) is 11.3. The normalized spacial score (nSPS) is 12.3. The van der Waals surface area contributed by atoms with Crippen LogP contribution in [0.1, 0.15) is 0 Å². The van der Waals surface area contributed by atoms with E-state index in [2.05, 4.69) is 138 Å². The maximum absolute atomic E-state index is 6.55. The molecule has 0 N–H and O–H groups in total. The third-order valence-electron chi connectivity index (χ3n) is 9.14. The maximum Gasteiger partial charge on any atom is 0.137 e. The Hall–Kier alpha value is -5.60. The van der Waals surface area contributed by atoms with E-state index < -0.39 is 0 Å². The van der Waals surface area contributed by atoms with Gasteiger partial charge in [-0.15, -0.1) is 0 Å². The molecule has 0 saturated carbocycles. The molecule has 0 unspecified atom stereocenters. The van der Waals surface area contributed by atoms with Crippen LogP contribution in [0, 0.1) is 0 Å². The van der Waals surface area contributed by atoms with E-state index in [0.29, 0.717) is 0 Å². The van der Waals surface area contributed by atoms with Crippen molar-refractivity contribution in [2.24, 2.45) is 0 Å². The number of nitrogens with zero attached hydrogens (tertiary/aromatic N) is 1. The van der Waals surface area contributed by atoms with Crippen molar-refractivity contribution >= 4 is 54.5 Å². The second-order valence-electron chi connectivity index (χ2n) is 11.3. The number of hydrogen-bond acceptors (Lipinski definition) is 1. The molecule has 0 saturated heterocycles. The number of benzene rings is 7.